The van der Waals surface area contributed by atoms with Crippen molar-refractivity contribution < 1.29 is 4.74 Å². The lowest BCUT2D eigenvalue weighted by Crippen LogP contribution is -2.12. The van der Waals surface area contributed by atoms with Crippen molar-refractivity contribution in [3.63, 3.8) is 0 Å². The second kappa shape index (κ2) is 5.02. The minimum atomic E-state index is 0.709. The molecule has 0 spiro atoms. The van der Waals surface area contributed by atoms with E-state index in [0.29, 0.717) is 5.76 Å². The molecule has 0 unspecified atom stereocenters. The van der Waals surface area contributed by atoms with E-state index in [1.807, 2.05) is 0 Å². The van der Waals surface area contributed by atoms with E-state index in [1.54, 1.807) is 6.08 Å². The molecule has 0 aromatic heterocycles. The molecule has 1 saturated carbocycles. The monoisotopic (exact) mass is 166 g/mol. The van der Waals surface area contributed by atoms with E-state index >= 15 is 0 Å². The summed E-state index contributed by atoms with van der Waals surface area (Å²) in [5.41, 5.74) is 0. The van der Waals surface area contributed by atoms with Crippen molar-refractivity contribution in [3.05, 3.63) is 25.0 Å². The number of hydrogen-bond donors (Lipinski definition) is 0. The largest absolute Gasteiger partial charge is 0.494 e. The zero-order valence-electron chi connectivity index (χ0n) is 7.72. The molecule has 68 valence electrons. The second-order valence-corrected chi connectivity index (χ2v) is 3.49. The summed E-state index contributed by atoms with van der Waals surface area (Å²) in [7, 11) is 0. The van der Waals surface area contributed by atoms with Crippen molar-refractivity contribution in [1.29, 1.82) is 0 Å². The Balaban J connectivity index is 2.12. The van der Waals surface area contributed by atoms with Gasteiger partial charge in [-0.25, -0.2) is 0 Å². The Morgan fingerprint density at radius 3 is 2.58 bits per heavy atom. The quantitative estimate of drug-likeness (QED) is 0.460. The molecule has 0 atom stereocenters. The molecule has 0 saturated heterocycles. The first-order valence-electron chi connectivity index (χ1n) is 4.77. The highest BCUT2D eigenvalue weighted by Crippen LogP contribution is 2.24. The SMILES string of the molecule is C=CC(=C)OCC1CCCCC1. The van der Waals surface area contributed by atoms with E-state index in [2.05, 4.69) is 13.2 Å². The van der Waals surface area contributed by atoms with Gasteiger partial charge in [0.1, 0.15) is 5.76 Å². The molecule has 1 fully saturated rings. The third-order valence-electron chi connectivity index (χ3n) is 2.46. The van der Waals surface area contributed by atoms with Crippen LogP contribution in [0.5, 0.6) is 0 Å². The fourth-order valence-electron chi connectivity index (χ4n) is 1.64. The van der Waals surface area contributed by atoms with Crippen LogP contribution in [-0.2, 0) is 4.74 Å². The predicted molar refractivity (Wildman–Crippen MR) is 51.9 cm³/mol. The molecule has 0 bridgehead atoms. The highest BCUT2D eigenvalue weighted by Gasteiger charge is 2.13. The predicted octanol–water partition coefficient (Wildman–Crippen LogP) is 3.28. The maximum absolute atomic E-state index is 5.42. The first kappa shape index (κ1) is 9.37. The lowest BCUT2D eigenvalue weighted by Gasteiger charge is -2.21. The zero-order valence-corrected chi connectivity index (χ0v) is 7.72. The van der Waals surface area contributed by atoms with Crippen LogP contribution in [0.1, 0.15) is 32.1 Å². The van der Waals surface area contributed by atoms with Crippen LogP contribution in [0.2, 0.25) is 0 Å². The Bertz CT molecular complexity index is 154. The van der Waals surface area contributed by atoms with E-state index in [1.165, 1.54) is 32.1 Å². The van der Waals surface area contributed by atoms with Gasteiger partial charge in [-0.05, 0) is 24.8 Å². The molecule has 1 nitrogen and oxygen atoms in total. The molecular formula is C11H18O. The molecule has 0 aromatic rings. The molecule has 12 heavy (non-hydrogen) atoms. The lowest BCUT2D eigenvalue weighted by molar-refractivity contribution is 0.151. The first-order valence-corrected chi connectivity index (χ1v) is 4.77. The number of allylic oxidation sites excluding steroid dienone is 1. The normalized spacial score (nSPS) is 18.7. The molecular weight excluding hydrogens is 148 g/mol. The Morgan fingerprint density at radius 1 is 1.33 bits per heavy atom. The van der Waals surface area contributed by atoms with Gasteiger partial charge in [0, 0.05) is 0 Å². The molecule has 0 N–H and O–H groups in total. The highest BCUT2D eigenvalue weighted by molar-refractivity contribution is 5.01. The number of hydrogen-bond acceptors (Lipinski definition) is 1. The molecule has 1 heteroatoms. The summed E-state index contributed by atoms with van der Waals surface area (Å²) in [4.78, 5) is 0. The fourth-order valence-corrected chi connectivity index (χ4v) is 1.64. The van der Waals surface area contributed by atoms with Crippen molar-refractivity contribution in [3.8, 4) is 0 Å². The van der Waals surface area contributed by atoms with Gasteiger partial charge in [0.2, 0.25) is 0 Å². The van der Waals surface area contributed by atoms with Gasteiger partial charge >= 0.3 is 0 Å². The van der Waals surface area contributed by atoms with Crippen LogP contribution in [0.25, 0.3) is 0 Å². The maximum atomic E-state index is 5.42. The van der Waals surface area contributed by atoms with Gasteiger partial charge in [0.25, 0.3) is 0 Å². The topological polar surface area (TPSA) is 9.23 Å². The summed E-state index contributed by atoms with van der Waals surface area (Å²) >= 11 is 0. The van der Waals surface area contributed by atoms with E-state index in [-0.39, 0.29) is 0 Å². The Kier molecular flexibility index (Phi) is 3.92. The highest BCUT2D eigenvalue weighted by atomic mass is 16.5. The van der Waals surface area contributed by atoms with Gasteiger partial charge < -0.3 is 4.74 Å². The van der Waals surface area contributed by atoms with Gasteiger partial charge in [-0.1, -0.05) is 32.4 Å². The summed E-state index contributed by atoms with van der Waals surface area (Å²) in [5.74, 6) is 1.47. The van der Waals surface area contributed by atoms with Crippen molar-refractivity contribution in [2.45, 2.75) is 32.1 Å². The van der Waals surface area contributed by atoms with Gasteiger partial charge in [0.05, 0.1) is 6.61 Å². The van der Waals surface area contributed by atoms with Crippen molar-refractivity contribution in [2.75, 3.05) is 6.61 Å². The Morgan fingerprint density at radius 2 is 2.00 bits per heavy atom. The third-order valence-corrected chi connectivity index (χ3v) is 2.46. The molecule has 1 rings (SSSR count). The van der Waals surface area contributed by atoms with Crippen molar-refractivity contribution >= 4 is 0 Å². The Hall–Kier alpha value is -0.720. The molecule has 0 heterocycles. The van der Waals surface area contributed by atoms with Crippen LogP contribution in [0.4, 0.5) is 0 Å². The minimum Gasteiger partial charge on any atom is -0.494 e. The molecule has 1 aliphatic carbocycles. The molecule has 1 aliphatic rings. The van der Waals surface area contributed by atoms with Crippen molar-refractivity contribution in [2.24, 2.45) is 5.92 Å². The second-order valence-electron chi connectivity index (χ2n) is 3.49. The summed E-state index contributed by atoms with van der Waals surface area (Å²) in [5, 5.41) is 0. The fraction of sp³-hybridized carbons (Fsp3) is 0.636. The van der Waals surface area contributed by atoms with Gasteiger partial charge in [-0.2, -0.15) is 0 Å². The average Bonchev–Trinajstić information content (AvgIpc) is 2.16. The summed E-state index contributed by atoms with van der Waals surface area (Å²) in [6.07, 6.45) is 8.46. The molecule has 0 radical (unpaired) electrons. The third kappa shape index (κ3) is 3.12. The van der Waals surface area contributed by atoms with Crippen LogP contribution in [0, 0.1) is 5.92 Å². The first-order chi connectivity index (χ1) is 5.83. The van der Waals surface area contributed by atoms with E-state index in [0.717, 1.165) is 12.5 Å². The number of ether oxygens (including phenoxy) is 1. The van der Waals surface area contributed by atoms with Crippen LogP contribution in [-0.4, -0.2) is 6.61 Å². The number of rotatable bonds is 4. The summed E-state index contributed by atoms with van der Waals surface area (Å²) in [6.45, 7) is 8.16. The van der Waals surface area contributed by atoms with E-state index in [9.17, 15) is 0 Å². The van der Waals surface area contributed by atoms with E-state index in [4.69, 9.17) is 4.74 Å². The van der Waals surface area contributed by atoms with Crippen LogP contribution >= 0.6 is 0 Å². The molecule has 0 aliphatic heterocycles. The molecule has 0 amide bonds. The van der Waals surface area contributed by atoms with Crippen LogP contribution in [0.15, 0.2) is 25.0 Å². The van der Waals surface area contributed by atoms with Gasteiger partial charge in [0.15, 0.2) is 0 Å². The standard InChI is InChI=1S/C11H18O/c1-3-10(2)12-9-11-7-5-4-6-8-11/h3,11H,1-2,4-9H2. The summed E-state index contributed by atoms with van der Waals surface area (Å²) in [6, 6.07) is 0. The van der Waals surface area contributed by atoms with Crippen molar-refractivity contribution in [1.82, 2.24) is 0 Å². The minimum absolute atomic E-state index is 0.709. The lowest BCUT2D eigenvalue weighted by atomic mass is 9.90. The van der Waals surface area contributed by atoms with Gasteiger partial charge in [-0.3, -0.25) is 0 Å². The Labute approximate surface area is 75.1 Å². The van der Waals surface area contributed by atoms with E-state index < -0.39 is 0 Å². The van der Waals surface area contributed by atoms with Crippen LogP contribution < -0.4 is 0 Å². The zero-order chi connectivity index (χ0) is 8.81. The smallest absolute Gasteiger partial charge is 0.111 e. The average molecular weight is 166 g/mol. The molecule has 0 aromatic carbocycles. The van der Waals surface area contributed by atoms with Gasteiger partial charge in [-0.15, -0.1) is 0 Å². The van der Waals surface area contributed by atoms with Crippen LogP contribution in [0.3, 0.4) is 0 Å². The maximum Gasteiger partial charge on any atom is 0.111 e. The summed E-state index contributed by atoms with van der Waals surface area (Å²) < 4.78 is 5.42.